The maximum absolute atomic E-state index is 12.1. The third kappa shape index (κ3) is 3.28. The molecule has 0 saturated heterocycles. The van der Waals surface area contributed by atoms with Crippen molar-refractivity contribution in [1.29, 1.82) is 0 Å². The average molecular weight is 307 g/mol. The van der Waals surface area contributed by atoms with Crippen molar-refractivity contribution >= 4 is 40.4 Å². The molecule has 102 valence electrons. The third-order valence-corrected chi connectivity index (χ3v) is 2.96. The van der Waals surface area contributed by atoms with Crippen molar-refractivity contribution < 1.29 is 4.79 Å². The van der Waals surface area contributed by atoms with E-state index in [1.165, 1.54) is 12.4 Å². The number of rotatable bonds is 3. The van der Waals surface area contributed by atoms with Crippen LogP contribution in [0.15, 0.2) is 30.6 Å². The van der Waals surface area contributed by atoms with Gasteiger partial charge in [0.05, 0.1) is 17.6 Å². The molecule has 5 nitrogen and oxygen atoms in total. The molecule has 2 aromatic rings. The Labute approximate surface area is 126 Å². The Balaban J connectivity index is 2.29. The summed E-state index contributed by atoms with van der Waals surface area (Å²) in [4.78, 5) is 20.3. The molecule has 0 aliphatic rings. The van der Waals surface area contributed by atoms with Gasteiger partial charge in [-0.05, 0) is 25.1 Å². The molecule has 3 N–H and O–H groups in total. The van der Waals surface area contributed by atoms with Gasteiger partial charge in [-0.1, -0.05) is 23.8 Å². The van der Waals surface area contributed by atoms with Crippen LogP contribution in [0.2, 0.25) is 5.02 Å². The van der Waals surface area contributed by atoms with Crippen molar-refractivity contribution in [3.8, 4) is 0 Å². The number of nitrogens with one attached hydrogen (secondary N) is 1. The van der Waals surface area contributed by atoms with Crippen LogP contribution in [0.4, 0.5) is 5.69 Å². The molecule has 0 bridgehead atoms. The normalized spacial score (nSPS) is 10.1. The quantitative estimate of drug-likeness (QED) is 0.851. The Bertz CT molecular complexity index is 673. The summed E-state index contributed by atoms with van der Waals surface area (Å²) in [6, 6.07) is 4.88. The topological polar surface area (TPSA) is 80.9 Å². The number of aryl methyl sites for hydroxylation is 1. The molecule has 0 saturated carbocycles. The van der Waals surface area contributed by atoms with Crippen LogP contribution in [0, 0.1) is 6.92 Å². The number of anilines is 1. The number of hydrogen-bond donors (Lipinski definition) is 2. The summed E-state index contributed by atoms with van der Waals surface area (Å²) >= 11 is 10.8. The molecule has 0 spiro atoms. The van der Waals surface area contributed by atoms with E-state index in [4.69, 9.17) is 29.6 Å². The second kappa shape index (κ2) is 5.94. The molecule has 0 atom stereocenters. The molecule has 0 radical (unpaired) electrons. The predicted octanol–water partition coefficient (Wildman–Crippen LogP) is 2.32. The number of hydrogen-bond acceptors (Lipinski definition) is 4. The van der Waals surface area contributed by atoms with Crippen molar-refractivity contribution in [2.45, 2.75) is 6.92 Å². The van der Waals surface area contributed by atoms with Crippen LogP contribution in [-0.4, -0.2) is 20.9 Å². The van der Waals surface area contributed by atoms with Crippen LogP contribution in [0.1, 0.15) is 21.7 Å². The molecule has 0 unspecified atom stereocenters. The van der Waals surface area contributed by atoms with Gasteiger partial charge in [-0.25, -0.2) is 4.98 Å². The van der Waals surface area contributed by atoms with Gasteiger partial charge in [0.1, 0.15) is 10.7 Å². The fourth-order valence-electron chi connectivity index (χ4n) is 1.53. The van der Waals surface area contributed by atoms with E-state index < -0.39 is 5.91 Å². The first-order valence-electron chi connectivity index (χ1n) is 5.66. The second-order valence-corrected chi connectivity index (χ2v) is 4.93. The molecule has 1 aromatic carbocycles. The van der Waals surface area contributed by atoms with E-state index in [1.807, 2.05) is 0 Å². The Morgan fingerprint density at radius 1 is 1.35 bits per heavy atom. The van der Waals surface area contributed by atoms with Gasteiger partial charge in [0.2, 0.25) is 0 Å². The van der Waals surface area contributed by atoms with E-state index in [2.05, 4.69) is 15.3 Å². The number of carbonyl (C=O) groups excluding carboxylic acids is 1. The summed E-state index contributed by atoms with van der Waals surface area (Å²) in [5.41, 5.74) is 7.52. The number of carbonyl (C=O) groups is 1. The maximum atomic E-state index is 12.1. The zero-order chi connectivity index (χ0) is 14.7. The van der Waals surface area contributed by atoms with Crippen LogP contribution >= 0.6 is 23.8 Å². The van der Waals surface area contributed by atoms with Crippen molar-refractivity contribution in [2.24, 2.45) is 5.73 Å². The van der Waals surface area contributed by atoms with E-state index in [1.54, 1.807) is 25.1 Å². The number of amides is 1. The number of aromatic nitrogens is 2. The van der Waals surface area contributed by atoms with E-state index >= 15 is 0 Å². The highest BCUT2D eigenvalue weighted by Crippen LogP contribution is 2.21. The molecule has 0 aliphatic heterocycles. The fraction of sp³-hybridized carbons (Fsp3) is 0.0769. The SMILES string of the molecule is Cc1cnc(C(=O)Nc2cc(Cl)ccc2C(N)=S)cn1. The molecule has 7 heteroatoms. The average Bonchev–Trinajstić information content (AvgIpc) is 2.39. The van der Waals surface area contributed by atoms with Gasteiger partial charge in [-0.3, -0.25) is 9.78 Å². The van der Waals surface area contributed by atoms with Crippen molar-refractivity contribution in [1.82, 2.24) is 9.97 Å². The standard InChI is InChI=1S/C13H11ClN4OS/c1-7-5-17-11(6-16-7)13(19)18-10-4-8(14)2-3-9(10)12(15)20/h2-6H,1H3,(H2,15,20)(H,18,19). The summed E-state index contributed by atoms with van der Waals surface area (Å²) in [5.74, 6) is -0.405. The van der Waals surface area contributed by atoms with Crippen molar-refractivity contribution in [3.63, 3.8) is 0 Å². The number of benzene rings is 1. The third-order valence-electron chi connectivity index (χ3n) is 2.51. The minimum Gasteiger partial charge on any atom is -0.389 e. The molecule has 1 heterocycles. The van der Waals surface area contributed by atoms with Crippen LogP contribution in [0.5, 0.6) is 0 Å². The summed E-state index contributed by atoms with van der Waals surface area (Å²) in [6.07, 6.45) is 2.91. The van der Waals surface area contributed by atoms with Gasteiger partial charge in [0.15, 0.2) is 0 Å². The molecule has 20 heavy (non-hydrogen) atoms. The summed E-state index contributed by atoms with van der Waals surface area (Å²) in [5, 5.41) is 3.14. The molecule has 1 aromatic heterocycles. The minimum atomic E-state index is -0.405. The Morgan fingerprint density at radius 2 is 2.10 bits per heavy atom. The van der Waals surface area contributed by atoms with Crippen LogP contribution < -0.4 is 11.1 Å². The van der Waals surface area contributed by atoms with E-state index in [0.29, 0.717) is 16.3 Å². The van der Waals surface area contributed by atoms with Gasteiger partial charge >= 0.3 is 0 Å². The second-order valence-electron chi connectivity index (χ2n) is 4.05. The molecule has 0 fully saturated rings. The van der Waals surface area contributed by atoms with Gasteiger partial charge in [-0.2, -0.15) is 0 Å². The Hall–Kier alpha value is -2.05. The van der Waals surface area contributed by atoms with Crippen LogP contribution in [0.3, 0.4) is 0 Å². The van der Waals surface area contributed by atoms with E-state index in [-0.39, 0.29) is 10.7 Å². The van der Waals surface area contributed by atoms with Crippen molar-refractivity contribution in [2.75, 3.05) is 5.32 Å². The fourth-order valence-corrected chi connectivity index (χ4v) is 1.88. The largest absolute Gasteiger partial charge is 0.389 e. The Kier molecular flexibility index (Phi) is 4.26. The van der Waals surface area contributed by atoms with Crippen LogP contribution in [0.25, 0.3) is 0 Å². The molecule has 2 rings (SSSR count). The Morgan fingerprint density at radius 3 is 2.70 bits per heavy atom. The molecule has 1 amide bonds. The zero-order valence-corrected chi connectivity index (χ0v) is 12.1. The van der Waals surface area contributed by atoms with Gasteiger partial charge < -0.3 is 11.1 Å². The monoisotopic (exact) mass is 306 g/mol. The maximum Gasteiger partial charge on any atom is 0.275 e. The minimum absolute atomic E-state index is 0.173. The summed E-state index contributed by atoms with van der Waals surface area (Å²) in [7, 11) is 0. The molecular formula is C13H11ClN4OS. The highest BCUT2D eigenvalue weighted by atomic mass is 35.5. The van der Waals surface area contributed by atoms with Gasteiger partial charge in [0.25, 0.3) is 5.91 Å². The first-order chi connectivity index (χ1) is 9.47. The van der Waals surface area contributed by atoms with E-state index in [0.717, 1.165) is 5.69 Å². The lowest BCUT2D eigenvalue weighted by Gasteiger charge is -2.10. The molecule has 0 aliphatic carbocycles. The lowest BCUT2D eigenvalue weighted by atomic mass is 10.1. The van der Waals surface area contributed by atoms with E-state index in [9.17, 15) is 4.79 Å². The van der Waals surface area contributed by atoms with Crippen molar-refractivity contribution in [3.05, 3.63) is 52.6 Å². The summed E-state index contributed by atoms with van der Waals surface area (Å²) in [6.45, 7) is 1.79. The highest BCUT2D eigenvalue weighted by Gasteiger charge is 2.12. The van der Waals surface area contributed by atoms with Crippen LogP contribution in [-0.2, 0) is 0 Å². The first kappa shape index (κ1) is 14.4. The highest BCUT2D eigenvalue weighted by molar-refractivity contribution is 7.80. The summed E-state index contributed by atoms with van der Waals surface area (Å²) < 4.78 is 0. The van der Waals surface area contributed by atoms with Gasteiger partial charge in [-0.15, -0.1) is 0 Å². The smallest absolute Gasteiger partial charge is 0.275 e. The zero-order valence-electron chi connectivity index (χ0n) is 10.6. The number of nitrogens with two attached hydrogens (primary N) is 1. The van der Waals surface area contributed by atoms with Gasteiger partial charge in [0, 0.05) is 16.8 Å². The first-order valence-corrected chi connectivity index (χ1v) is 6.45. The lowest BCUT2D eigenvalue weighted by molar-refractivity contribution is 0.102. The molecular weight excluding hydrogens is 296 g/mol. The number of halogens is 1. The number of thiocarbonyl (C=S) groups is 1. The predicted molar refractivity (Wildman–Crippen MR) is 82.1 cm³/mol. The lowest BCUT2D eigenvalue weighted by Crippen LogP contribution is -2.18. The number of nitrogens with zero attached hydrogens (tertiary/aromatic N) is 2.